The summed E-state index contributed by atoms with van der Waals surface area (Å²) in [5.74, 6) is -0.791. The number of piperidine rings is 1. The van der Waals surface area contributed by atoms with Gasteiger partial charge < -0.3 is 15.4 Å². The highest BCUT2D eigenvalue weighted by molar-refractivity contribution is 7.16. The molecule has 8 nitrogen and oxygen atoms in total. The first kappa shape index (κ1) is 19.4. The standard InChI is InChI=1S/C22H19N5O3S/c23-21(28)20-15-2-1-3-18(16(15)11-25-26-20)30-22(29)13-6-8-27(9-7-13)14-4-5-19-17(10-14)24-12-31-19/h1-5,10-13H,6-9H2,(H2,23,28). The summed E-state index contributed by atoms with van der Waals surface area (Å²) in [7, 11) is 0. The topological polar surface area (TPSA) is 111 Å². The summed E-state index contributed by atoms with van der Waals surface area (Å²) < 4.78 is 6.87. The normalized spacial score (nSPS) is 14.8. The first-order valence-corrected chi connectivity index (χ1v) is 10.8. The second-order valence-electron chi connectivity index (χ2n) is 7.46. The van der Waals surface area contributed by atoms with E-state index >= 15 is 0 Å². The smallest absolute Gasteiger partial charge is 0.314 e. The summed E-state index contributed by atoms with van der Waals surface area (Å²) in [5, 5.41) is 8.67. The van der Waals surface area contributed by atoms with Crippen molar-refractivity contribution in [3.8, 4) is 5.75 Å². The number of nitrogens with two attached hydrogens (primary N) is 1. The minimum absolute atomic E-state index is 0.0563. The van der Waals surface area contributed by atoms with Crippen LogP contribution in [0.1, 0.15) is 23.3 Å². The van der Waals surface area contributed by atoms with Crippen LogP contribution in [0.15, 0.2) is 48.1 Å². The van der Waals surface area contributed by atoms with Crippen LogP contribution in [-0.4, -0.2) is 40.1 Å². The minimum Gasteiger partial charge on any atom is -0.426 e. The molecule has 0 atom stereocenters. The highest BCUT2D eigenvalue weighted by Gasteiger charge is 2.27. The average molecular weight is 433 g/mol. The van der Waals surface area contributed by atoms with Gasteiger partial charge in [-0.05, 0) is 37.1 Å². The van der Waals surface area contributed by atoms with Gasteiger partial charge in [0.1, 0.15) is 5.75 Å². The molecule has 0 bridgehead atoms. The van der Waals surface area contributed by atoms with Crippen molar-refractivity contribution in [2.75, 3.05) is 18.0 Å². The van der Waals surface area contributed by atoms with Crippen LogP contribution in [0.5, 0.6) is 5.75 Å². The van der Waals surface area contributed by atoms with E-state index in [4.69, 9.17) is 10.5 Å². The lowest BCUT2D eigenvalue weighted by Gasteiger charge is -2.32. The van der Waals surface area contributed by atoms with Crippen LogP contribution in [0, 0.1) is 5.92 Å². The number of primary amides is 1. The van der Waals surface area contributed by atoms with Crippen molar-refractivity contribution in [3.05, 3.63) is 53.8 Å². The minimum atomic E-state index is -0.676. The highest BCUT2D eigenvalue weighted by Crippen LogP contribution is 2.30. The Bertz CT molecular complexity index is 1300. The van der Waals surface area contributed by atoms with Gasteiger partial charge in [-0.1, -0.05) is 12.1 Å². The average Bonchev–Trinajstić information content (AvgIpc) is 3.27. The fraction of sp³-hybridized carbons (Fsp3) is 0.227. The van der Waals surface area contributed by atoms with Gasteiger partial charge in [0.05, 0.1) is 27.8 Å². The molecule has 0 unspecified atom stereocenters. The zero-order valence-electron chi connectivity index (χ0n) is 16.5. The first-order valence-electron chi connectivity index (χ1n) is 9.94. The second kappa shape index (κ2) is 7.92. The fourth-order valence-electron chi connectivity index (χ4n) is 3.96. The predicted molar refractivity (Wildman–Crippen MR) is 118 cm³/mol. The van der Waals surface area contributed by atoms with E-state index in [0.29, 0.717) is 29.4 Å². The lowest BCUT2D eigenvalue weighted by molar-refractivity contribution is -0.139. The first-order chi connectivity index (χ1) is 15.1. The summed E-state index contributed by atoms with van der Waals surface area (Å²) in [6, 6.07) is 11.4. The highest BCUT2D eigenvalue weighted by atomic mass is 32.1. The third kappa shape index (κ3) is 3.68. The number of benzene rings is 2. The molecule has 2 N–H and O–H groups in total. The molecule has 2 aromatic heterocycles. The maximum absolute atomic E-state index is 12.8. The van der Waals surface area contributed by atoms with Crippen molar-refractivity contribution in [3.63, 3.8) is 0 Å². The van der Waals surface area contributed by atoms with Crippen LogP contribution >= 0.6 is 11.3 Å². The second-order valence-corrected chi connectivity index (χ2v) is 8.35. The molecule has 1 saturated heterocycles. The van der Waals surface area contributed by atoms with Crippen molar-refractivity contribution in [2.45, 2.75) is 12.8 Å². The number of amides is 1. The largest absolute Gasteiger partial charge is 0.426 e. The molecule has 2 aromatic carbocycles. The van der Waals surface area contributed by atoms with E-state index in [1.807, 2.05) is 5.51 Å². The van der Waals surface area contributed by atoms with Crippen LogP contribution in [0.25, 0.3) is 21.0 Å². The molecule has 1 fully saturated rings. The zero-order chi connectivity index (χ0) is 21.4. The Balaban J connectivity index is 1.29. The number of hydrogen-bond donors (Lipinski definition) is 1. The van der Waals surface area contributed by atoms with Crippen molar-refractivity contribution in [1.29, 1.82) is 0 Å². The van der Waals surface area contributed by atoms with Crippen molar-refractivity contribution >= 4 is 49.9 Å². The number of rotatable bonds is 4. The monoisotopic (exact) mass is 433 g/mol. The van der Waals surface area contributed by atoms with E-state index in [-0.39, 0.29) is 17.6 Å². The molecule has 9 heteroatoms. The van der Waals surface area contributed by atoms with Crippen LogP contribution < -0.4 is 15.4 Å². The lowest BCUT2D eigenvalue weighted by Crippen LogP contribution is -2.37. The van der Waals surface area contributed by atoms with Gasteiger partial charge in [0.2, 0.25) is 0 Å². The Hall–Kier alpha value is -3.59. The Morgan fingerprint density at radius 2 is 1.97 bits per heavy atom. The van der Waals surface area contributed by atoms with Crippen LogP contribution in [-0.2, 0) is 4.79 Å². The van der Waals surface area contributed by atoms with Crippen LogP contribution in [0.3, 0.4) is 0 Å². The van der Waals surface area contributed by atoms with Crippen molar-refractivity contribution in [2.24, 2.45) is 11.7 Å². The Labute approximate surface area is 181 Å². The third-order valence-corrected chi connectivity index (χ3v) is 6.43. The number of hydrogen-bond acceptors (Lipinski definition) is 8. The number of carbonyl (C=O) groups is 2. The maximum Gasteiger partial charge on any atom is 0.314 e. The van der Waals surface area contributed by atoms with Crippen LogP contribution in [0.2, 0.25) is 0 Å². The molecule has 4 aromatic rings. The SMILES string of the molecule is NC(=O)c1nncc2c(OC(=O)C3CCN(c4ccc5scnc5c4)CC3)cccc12. The number of aromatic nitrogens is 3. The molecule has 156 valence electrons. The number of thiazole rings is 1. The Morgan fingerprint density at radius 3 is 2.77 bits per heavy atom. The summed E-state index contributed by atoms with van der Waals surface area (Å²) in [6.07, 6.45) is 2.87. The third-order valence-electron chi connectivity index (χ3n) is 5.62. The number of carbonyl (C=O) groups excluding carboxylic acids is 2. The van der Waals surface area contributed by atoms with E-state index in [9.17, 15) is 9.59 Å². The van der Waals surface area contributed by atoms with Gasteiger partial charge in [0.25, 0.3) is 5.91 Å². The molecule has 1 amide bonds. The summed E-state index contributed by atoms with van der Waals surface area (Å²) in [4.78, 5) is 31.1. The molecule has 1 aliphatic rings. The molecular weight excluding hydrogens is 414 g/mol. The molecule has 0 radical (unpaired) electrons. The fourth-order valence-corrected chi connectivity index (χ4v) is 4.62. The number of fused-ring (bicyclic) bond motifs is 2. The number of esters is 1. The molecule has 0 saturated carbocycles. The lowest BCUT2D eigenvalue weighted by atomic mass is 9.96. The quantitative estimate of drug-likeness (QED) is 0.389. The van der Waals surface area contributed by atoms with Gasteiger partial charge in [-0.3, -0.25) is 9.59 Å². The molecular formula is C22H19N5O3S. The predicted octanol–water partition coefficient (Wildman–Crippen LogP) is 3.16. The molecule has 0 aliphatic carbocycles. The van der Waals surface area contributed by atoms with Gasteiger partial charge in [0.15, 0.2) is 5.69 Å². The van der Waals surface area contributed by atoms with Gasteiger partial charge in [-0.15, -0.1) is 16.4 Å². The molecule has 1 aliphatic heterocycles. The maximum atomic E-state index is 12.8. The molecule has 3 heterocycles. The molecule has 5 rings (SSSR count). The zero-order valence-corrected chi connectivity index (χ0v) is 17.3. The van der Waals surface area contributed by atoms with Gasteiger partial charge >= 0.3 is 5.97 Å². The van der Waals surface area contributed by atoms with E-state index < -0.39 is 5.91 Å². The Kier molecular flexibility index (Phi) is 4.95. The van der Waals surface area contributed by atoms with E-state index in [1.165, 1.54) is 10.9 Å². The van der Waals surface area contributed by atoms with E-state index in [2.05, 4.69) is 38.3 Å². The molecule has 0 spiro atoms. The number of nitrogens with zero attached hydrogens (tertiary/aromatic N) is 4. The number of anilines is 1. The molecule has 31 heavy (non-hydrogen) atoms. The van der Waals surface area contributed by atoms with E-state index in [1.54, 1.807) is 29.5 Å². The van der Waals surface area contributed by atoms with Crippen molar-refractivity contribution < 1.29 is 14.3 Å². The van der Waals surface area contributed by atoms with Crippen LogP contribution in [0.4, 0.5) is 5.69 Å². The Morgan fingerprint density at radius 1 is 1.13 bits per heavy atom. The van der Waals surface area contributed by atoms with Gasteiger partial charge in [-0.2, -0.15) is 5.10 Å². The van der Waals surface area contributed by atoms with Gasteiger partial charge in [0, 0.05) is 29.5 Å². The van der Waals surface area contributed by atoms with Gasteiger partial charge in [-0.25, -0.2) is 4.98 Å². The number of ether oxygens (including phenoxy) is 1. The summed E-state index contributed by atoms with van der Waals surface area (Å²) in [5.41, 5.74) is 9.40. The van der Waals surface area contributed by atoms with E-state index in [0.717, 1.165) is 24.3 Å². The van der Waals surface area contributed by atoms with Crippen molar-refractivity contribution in [1.82, 2.24) is 15.2 Å². The summed E-state index contributed by atoms with van der Waals surface area (Å²) >= 11 is 1.63. The summed E-state index contributed by atoms with van der Waals surface area (Å²) in [6.45, 7) is 1.53.